The zero-order valence-corrected chi connectivity index (χ0v) is 9.03. The number of esters is 1. The molecule has 0 aromatic heterocycles. The average molecular weight is 237 g/mol. The summed E-state index contributed by atoms with van der Waals surface area (Å²) in [5, 5.41) is 10.8. The summed E-state index contributed by atoms with van der Waals surface area (Å²) < 4.78 is 4.67. The summed E-state index contributed by atoms with van der Waals surface area (Å²) >= 11 is 5.68. The molecule has 1 atom stereocenters. The molecule has 2 N–H and O–H groups in total. The summed E-state index contributed by atoms with van der Waals surface area (Å²) in [6.07, 6.45) is 0.848. The van der Waals surface area contributed by atoms with Gasteiger partial charge in [0.25, 0.3) is 0 Å². The van der Waals surface area contributed by atoms with Gasteiger partial charge in [0.1, 0.15) is 5.38 Å². The van der Waals surface area contributed by atoms with Gasteiger partial charge in [-0.15, -0.1) is 11.6 Å². The van der Waals surface area contributed by atoms with Crippen LogP contribution >= 0.6 is 11.6 Å². The lowest BCUT2D eigenvalue weighted by Crippen LogP contribution is -2.18. The van der Waals surface area contributed by atoms with Crippen molar-refractivity contribution in [1.82, 2.24) is 5.43 Å². The number of carboxylic acid groups (broad SMARTS) is 1. The van der Waals surface area contributed by atoms with Gasteiger partial charge < -0.3 is 9.84 Å². The molecule has 0 spiro atoms. The molecule has 0 bridgehead atoms. The second-order valence-corrected chi connectivity index (χ2v) is 3.05. The van der Waals surface area contributed by atoms with Crippen molar-refractivity contribution in [2.24, 2.45) is 5.10 Å². The fourth-order valence-electron chi connectivity index (χ4n) is 0.737. The van der Waals surface area contributed by atoms with Gasteiger partial charge in [0, 0.05) is 6.21 Å². The third-order valence-corrected chi connectivity index (χ3v) is 1.74. The Hall–Kier alpha value is -1.30. The quantitative estimate of drug-likeness (QED) is 0.314. The lowest BCUT2D eigenvalue weighted by molar-refractivity contribution is -0.142. The van der Waals surface area contributed by atoms with E-state index in [2.05, 4.69) is 9.84 Å². The number of carbonyl (C=O) groups excluding carboxylic acids is 1. The predicted molar refractivity (Wildman–Crippen MR) is 55.2 cm³/mol. The number of rotatable bonds is 6. The van der Waals surface area contributed by atoms with Crippen LogP contribution in [0.3, 0.4) is 0 Å². The van der Waals surface area contributed by atoms with E-state index in [1.165, 1.54) is 6.21 Å². The highest BCUT2D eigenvalue weighted by Gasteiger charge is 2.14. The zero-order valence-electron chi connectivity index (χ0n) is 8.27. The maximum Gasteiger partial charge on any atom is 0.425 e. The zero-order chi connectivity index (χ0) is 11.7. The molecule has 7 heteroatoms. The molecule has 0 aromatic rings. The van der Waals surface area contributed by atoms with E-state index in [1.54, 1.807) is 12.3 Å². The van der Waals surface area contributed by atoms with E-state index in [0.717, 1.165) is 0 Å². The van der Waals surface area contributed by atoms with Gasteiger partial charge in [0.15, 0.2) is 0 Å². The molecule has 1 unspecified atom stereocenters. The van der Waals surface area contributed by atoms with Gasteiger partial charge in [-0.3, -0.25) is 4.79 Å². The molecule has 86 valence electrons. The molecular formula is C8H13ClN2O4. The van der Waals surface area contributed by atoms with E-state index < -0.39 is 17.4 Å². The number of hydrogen-bond donors (Lipinski definition) is 2. The van der Waals surface area contributed by atoms with Crippen LogP contribution in [-0.2, 0) is 9.53 Å². The monoisotopic (exact) mass is 236 g/mol. The van der Waals surface area contributed by atoms with Crippen molar-refractivity contribution >= 4 is 29.9 Å². The van der Waals surface area contributed by atoms with Gasteiger partial charge in [0.05, 0.1) is 6.61 Å². The summed E-state index contributed by atoms with van der Waals surface area (Å²) in [4.78, 5) is 21.0. The van der Waals surface area contributed by atoms with Crippen molar-refractivity contribution in [3.63, 3.8) is 0 Å². The van der Waals surface area contributed by atoms with E-state index >= 15 is 0 Å². The van der Waals surface area contributed by atoms with Crippen molar-refractivity contribution in [1.29, 1.82) is 0 Å². The molecule has 1 amide bonds. The second kappa shape index (κ2) is 8.05. The number of amides is 1. The summed E-state index contributed by atoms with van der Waals surface area (Å²) in [6, 6.07) is 0. The van der Waals surface area contributed by atoms with E-state index in [4.69, 9.17) is 16.7 Å². The Kier molecular flexibility index (Phi) is 7.35. The smallest absolute Gasteiger partial charge is 0.425 e. The molecule has 0 aliphatic heterocycles. The molecule has 6 nitrogen and oxygen atoms in total. The number of nitrogens with zero attached hydrogens (tertiary/aromatic N) is 1. The molecular weight excluding hydrogens is 224 g/mol. The number of hydrogen-bond acceptors (Lipinski definition) is 4. The third kappa shape index (κ3) is 7.75. The minimum absolute atomic E-state index is 0.288. The predicted octanol–water partition coefficient (Wildman–Crippen LogP) is 1.19. The number of nitrogens with one attached hydrogen (secondary N) is 1. The van der Waals surface area contributed by atoms with Crippen LogP contribution in [0.25, 0.3) is 0 Å². The van der Waals surface area contributed by atoms with E-state index in [1.807, 2.05) is 0 Å². The van der Waals surface area contributed by atoms with Crippen molar-refractivity contribution in [2.45, 2.75) is 25.1 Å². The lowest BCUT2D eigenvalue weighted by atomic mass is 10.2. The first-order chi connectivity index (χ1) is 7.07. The van der Waals surface area contributed by atoms with Crippen LogP contribution in [0.2, 0.25) is 0 Å². The van der Waals surface area contributed by atoms with Crippen molar-refractivity contribution in [2.75, 3.05) is 6.61 Å². The number of hydrazone groups is 1. The van der Waals surface area contributed by atoms with Gasteiger partial charge in [-0.1, -0.05) is 0 Å². The minimum Gasteiger partial charge on any atom is -0.465 e. The average Bonchev–Trinajstić information content (AvgIpc) is 2.16. The molecule has 0 rings (SSSR count). The number of alkyl halides is 1. The largest absolute Gasteiger partial charge is 0.465 e. The maximum atomic E-state index is 11.0. The molecule has 0 heterocycles. The van der Waals surface area contributed by atoms with E-state index in [9.17, 15) is 9.59 Å². The summed E-state index contributed by atoms with van der Waals surface area (Å²) in [7, 11) is 0. The molecule has 0 aliphatic rings. The standard InChI is InChI=1S/C8H13ClN2O4/c1-2-15-7(12)6(9)4-3-5-10-11-8(13)14/h5-6,11H,2-4H2,1H3,(H,13,14). The van der Waals surface area contributed by atoms with Gasteiger partial charge in [-0.25, -0.2) is 10.2 Å². The van der Waals surface area contributed by atoms with E-state index in [-0.39, 0.29) is 6.61 Å². The third-order valence-electron chi connectivity index (χ3n) is 1.34. The Morgan fingerprint density at radius 2 is 2.33 bits per heavy atom. The second-order valence-electron chi connectivity index (χ2n) is 2.53. The minimum atomic E-state index is -1.24. The van der Waals surface area contributed by atoms with Crippen LogP contribution in [-0.4, -0.2) is 35.4 Å². The van der Waals surface area contributed by atoms with Crippen LogP contribution in [0.4, 0.5) is 4.79 Å². The fraction of sp³-hybridized carbons (Fsp3) is 0.625. The Balaban J connectivity index is 3.62. The number of carbonyl (C=O) groups is 2. The van der Waals surface area contributed by atoms with Crippen LogP contribution in [0, 0.1) is 0 Å². The Morgan fingerprint density at radius 3 is 2.87 bits per heavy atom. The molecule has 0 saturated heterocycles. The lowest BCUT2D eigenvalue weighted by Gasteiger charge is -2.05. The van der Waals surface area contributed by atoms with Crippen molar-refractivity contribution in [3.05, 3.63) is 0 Å². The van der Waals surface area contributed by atoms with E-state index in [0.29, 0.717) is 12.8 Å². The van der Waals surface area contributed by atoms with Gasteiger partial charge in [-0.2, -0.15) is 5.10 Å². The van der Waals surface area contributed by atoms with Crippen molar-refractivity contribution < 1.29 is 19.4 Å². The Morgan fingerprint density at radius 1 is 1.67 bits per heavy atom. The Bertz CT molecular complexity index is 245. The molecule has 0 radical (unpaired) electrons. The number of halogens is 1. The highest BCUT2D eigenvalue weighted by molar-refractivity contribution is 6.29. The first-order valence-corrected chi connectivity index (χ1v) is 4.82. The SMILES string of the molecule is CCOC(=O)C(Cl)CCC=NNC(=O)O. The number of ether oxygens (including phenoxy) is 1. The molecule has 0 fully saturated rings. The highest BCUT2D eigenvalue weighted by Crippen LogP contribution is 2.06. The molecule has 0 aromatic carbocycles. The van der Waals surface area contributed by atoms with Gasteiger partial charge >= 0.3 is 12.1 Å². The highest BCUT2D eigenvalue weighted by atomic mass is 35.5. The molecule has 0 saturated carbocycles. The maximum absolute atomic E-state index is 11.0. The summed E-state index contributed by atoms with van der Waals surface area (Å²) in [5.74, 6) is -0.473. The normalized spacial score (nSPS) is 12.4. The topological polar surface area (TPSA) is 88.0 Å². The first kappa shape index (κ1) is 13.7. The Labute approximate surface area is 92.2 Å². The molecule has 0 aliphatic carbocycles. The van der Waals surface area contributed by atoms with Crippen molar-refractivity contribution in [3.8, 4) is 0 Å². The van der Waals surface area contributed by atoms with Crippen LogP contribution in [0.15, 0.2) is 5.10 Å². The fourth-order valence-corrected chi connectivity index (χ4v) is 0.926. The van der Waals surface area contributed by atoms with Gasteiger partial charge in [0.2, 0.25) is 0 Å². The first-order valence-electron chi connectivity index (χ1n) is 4.39. The van der Waals surface area contributed by atoms with Crippen LogP contribution in [0.5, 0.6) is 0 Å². The summed E-state index contributed by atoms with van der Waals surface area (Å²) in [5.41, 5.74) is 1.80. The van der Waals surface area contributed by atoms with Crippen LogP contribution < -0.4 is 5.43 Å². The van der Waals surface area contributed by atoms with Crippen LogP contribution in [0.1, 0.15) is 19.8 Å². The van der Waals surface area contributed by atoms with Gasteiger partial charge in [-0.05, 0) is 19.8 Å². The summed E-state index contributed by atoms with van der Waals surface area (Å²) in [6.45, 7) is 1.98. The molecule has 15 heavy (non-hydrogen) atoms.